The summed E-state index contributed by atoms with van der Waals surface area (Å²) in [5.74, 6) is 2.44. The molecular formula is C20H27IN6O. The largest absolute Gasteiger partial charge is 0.359 e. The van der Waals surface area contributed by atoms with Crippen molar-refractivity contribution in [3.63, 3.8) is 0 Å². The molecule has 0 aliphatic rings. The van der Waals surface area contributed by atoms with Crippen molar-refractivity contribution in [1.82, 2.24) is 25.3 Å². The number of H-pyrrole nitrogens is 1. The predicted octanol–water partition coefficient (Wildman–Crippen LogP) is 3.84. The normalized spacial score (nSPS) is 11.2. The van der Waals surface area contributed by atoms with Crippen molar-refractivity contribution >= 4 is 29.9 Å². The number of aromatic amines is 1. The fourth-order valence-corrected chi connectivity index (χ4v) is 2.73. The minimum absolute atomic E-state index is 0. The Balaban J connectivity index is 0.00000280. The van der Waals surface area contributed by atoms with Gasteiger partial charge in [0.25, 0.3) is 0 Å². The Morgan fingerprint density at radius 3 is 2.71 bits per heavy atom. The molecule has 2 aromatic heterocycles. The van der Waals surface area contributed by atoms with Crippen LogP contribution in [0, 0.1) is 0 Å². The number of imidazole rings is 1. The zero-order valence-corrected chi connectivity index (χ0v) is 18.8. The third kappa shape index (κ3) is 5.82. The maximum Gasteiger partial charge on any atom is 0.194 e. The highest BCUT2D eigenvalue weighted by Gasteiger charge is 2.11. The van der Waals surface area contributed by atoms with Crippen molar-refractivity contribution < 1.29 is 4.52 Å². The summed E-state index contributed by atoms with van der Waals surface area (Å²) in [6, 6.07) is 12.1. The molecule has 0 aliphatic carbocycles. The second-order valence-corrected chi connectivity index (χ2v) is 6.27. The Hall–Kier alpha value is -2.36. The highest BCUT2D eigenvalue weighted by Crippen LogP contribution is 2.16. The number of benzene rings is 1. The van der Waals surface area contributed by atoms with Gasteiger partial charge in [0.2, 0.25) is 0 Å². The van der Waals surface area contributed by atoms with Gasteiger partial charge in [-0.15, -0.1) is 24.0 Å². The second-order valence-electron chi connectivity index (χ2n) is 6.27. The molecule has 2 heterocycles. The summed E-state index contributed by atoms with van der Waals surface area (Å²) in [4.78, 5) is 14.6. The molecule has 2 N–H and O–H groups in total. The minimum atomic E-state index is 0. The molecule has 0 saturated heterocycles. The number of rotatable bonds is 7. The summed E-state index contributed by atoms with van der Waals surface area (Å²) in [5, 5.41) is 7.31. The summed E-state index contributed by atoms with van der Waals surface area (Å²) in [6.07, 6.45) is 2.72. The molecule has 3 rings (SSSR count). The SMILES string of the molecule is CCNC(=NCc1cc(CC)no1)N(C)Cc1ncc(-c2ccccc2)[nH]1.I. The van der Waals surface area contributed by atoms with E-state index in [9.17, 15) is 0 Å². The molecule has 8 heteroatoms. The van der Waals surface area contributed by atoms with E-state index < -0.39 is 0 Å². The van der Waals surface area contributed by atoms with Crippen LogP contribution in [-0.2, 0) is 19.5 Å². The molecule has 0 unspecified atom stereocenters. The van der Waals surface area contributed by atoms with Gasteiger partial charge in [-0.25, -0.2) is 9.98 Å². The van der Waals surface area contributed by atoms with Crippen LogP contribution in [0.4, 0.5) is 0 Å². The van der Waals surface area contributed by atoms with Crippen molar-refractivity contribution in [2.45, 2.75) is 33.4 Å². The molecule has 0 atom stereocenters. The summed E-state index contributed by atoms with van der Waals surface area (Å²) < 4.78 is 5.31. The number of aliphatic imine (C=N–C) groups is 1. The Morgan fingerprint density at radius 2 is 2.04 bits per heavy atom. The van der Waals surface area contributed by atoms with Crippen LogP contribution in [0.25, 0.3) is 11.3 Å². The van der Waals surface area contributed by atoms with Crippen LogP contribution < -0.4 is 5.32 Å². The average molecular weight is 494 g/mol. The van der Waals surface area contributed by atoms with Gasteiger partial charge in [-0.1, -0.05) is 42.4 Å². The van der Waals surface area contributed by atoms with E-state index >= 15 is 0 Å². The van der Waals surface area contributed by atoms with Crippen LogP contribution in [0.5, 0.6) is 0 Å². The summed E-state index contributed by atoms with van der Waals surface area (Å²) >= 11 is 0. The zero-order chi connectivity index (χ0) is 19.1. The van der Waals surface area contributed by atoms with Gasteiger partial charge in [-0.3, -0.25) is 0 Å². The van der Waals surface area contributed by atoms with E-state index in [0.29, 0.717) is 13.1 Å². The van der Waals surface area contributed by atoms with Crippen LogP contribution in [0.3, 0.4) is 0 Å². The van der Waals surface area contributed by atoms with E-state index in [0.717, 1.165) is 47.5 Å². The highest BCUT2D eigenvalue weighted by atomic mass is 127. The van der Waals surface area contributed by atoms with E-state index in [4.69, 9.17) is 4.52 Å². The number of aryl methyl sites for hydroxylation is 1. The third-order valence-electron chi connectivity index (χ3n) is 4.15. The van der Waals surface area contributed by atoms with Gasteiger partial charge in [-0.2, -0.15) is 0 Å². The Labute approximate surface area is 182 Å². The number of halogens is 1. The molecule has 0 spiro atoms. The Bertz CT molecular complexity index is 874. The quantitative estimate of drug-likeness (QED) is 0.296. The van der Waals surface area contributed by atoms with Crippen LogP contribution in [-0.4, -0.2) is 39.6 Å². The van der Waals surface area contributed by atoms with Crippen molar-refractivity contribution in [2.24, 2.45) is 4.99 Å². The van der Waals surface area contributed by atoms with Crippen molar-refractivity contribution in [1.29, 1.82) is 0 Å². The molecule has 150 valence electrons. The maximum absolute atomic E-state index is 5.31. The fourth-order valence-electron chi connectivity index (χ4n) is 2.73. The number of hydrogen-bond acceptors (Lipinski definition) is 4. The Morgan fingerprint density at radius 1 is 1.25 bits per heavy atom. The van der Waals surface area contributed by atoms with Gasteiger partial charge in [0.1, 0.15) is 12.4 Å². The smallest absolute Gasteiger partial charge is 0.194 e. The van der Waals surface area contributed by atoms with Crippen LogP contribution in [0.1, 0.15) is 31.1 Å². The monoisotopic (exact) mass is 494 g/mol. The van der Waals surface area contributed by atoms with Gasteiger partial charge in [0, 0.05) is 19.7 Å². The van der Waals surface area contributed by atoms with Crippen molar-refractivity contribution in [2.75, 3.05) is 13.6 Å². The van der Waals surface area contributed by atoms with E-state index in [1.807, 2.05) is 49.3 Å². The van der Waals surface area contributed by atoms with E-state index in [2.05, 4.69) is 44.5 Å². The van der Waals surface area contributed by atoms with E-state index in [-0.39, 0.29) is 24.0 Å². The molecule has 0 bridgehead atoms. The molecule has 7 nitrogen and oxygen atoms in total. The number of aromatic nitrogens is 3. The van der Waals surface area contributed by atoms with Gasteiger partial charge < -0.3 is 19.7 Å². The summed E-state index contributed by atoms with van der Waals surface area (Å²) in [6.45, 7) is 5.96. The number of guanidine groups is 1. The fraction of sp³-hybridized carbons (Fsp3) is 0.350. The van der Waals surface area contributed by atoms with Gasteiger partial charge in [-0.05, 0) is 18.9 Å². The zero-order valence-electron chi connectivity index (χ0n) is 16.5. The summed E-state index contributed by atoms with van der Waals surface area (Å²) in [7, 11) is 1.99. The van der Waals surface area contributed by atoms with Crippen LogP contribution >= 0.6 is 24.0 Å². The standard InChI is InChI=1S/C20H26N6O.HI/c1-4-16-11-17(27-25-16)12-23-20(21-5-2)26(3)14-19-22-13-18(24-19)15-9-7-6-8-10-15;/h6-11,13H,4-5,12,14H2,1-3H3,(H,21,23)(H,22,24);1H. The highest BCUT2D eigenvalue weighted by molar-refractivity contribution is 14.0. The number of nitrogens with zero attached hydrogens (tertiary/aromatic N) is 4. The molecule has 0 amide bonds. The predicted molar refractivity (Wildman–Crippen MR) is 122 cm³/mol. The lowest BCUT2D eigenvalue weighted by atomic mass is 10.2. The first kappa shape index (κ1) is 21.9. The molecule has 0 radical (unpaired) electrons. The van der Waals surface area contributed by atoms with Gasteiger partial charge >= 0.3 is 0 Å². The van der Waals surface area contributed by atoms with Gasteiger partial charge in [0.15, 0.2) is 11.7 Å². The first-order valence-corrected chi connectivity index (χ1v) is 9.22. The van der Waals surface area contributed by atoms with E-state index in [1.54, 1.807) is 0 Å². The first-order chi connectivity index (χ1) is 13.2. The third-order valence-corrected chi connectivity index (χ3v) is 4.15. The average Bonchev–Trinajstić information content (AvgIpc) is 3.35. The van der Waals surface area contributed by atoms with E-state index in [1.165, 1.54) is 0 Å². The number of nitrogens with one attached hydrogen (secondary N) is 2. The lowest BCUT2D eigenvalue weighted by molar-refractivity contribution is 0.378. The molecule has 3 aromatic rings. The molecule has 0 saturated carbocycles. The number of hydrogen-bond donors (Lipinski definition) is 2. The minimum Gasteiger partial charge on any atom is -0.359 e. The molecule has 1 aromatic carbocycles. The first-order valence-electron chi connectivity index (χ1n) is 9.22. The van der Waals surface area contributed by atoms with Crippen molar-refractivity contribution in [3.05, 3.63) is 59.9 Å². The van der Waals surface area contributed by atoms with Gasteiger partial charge in [0.05, 0.1) is 24.1 Å². The Kier molecular flexibility index (Phi) is 8.49. The van der Waals surface area contributed by atoms with Crippen LogP contribution in [0.15, 0.2) is 52.1 Å². The topological polar surface area (TPSA) is 82.3 Å². The molecular weight excluding hydrogens is 467 g/mol. The molecule has 28 heavy (non-hydrogen) atoms. The van der Waals surface area contributed by atoms with Crippen LogP contribution in [0.2, 0.25) is 0 Å². The van der Waals surface area contributed by atoms with Crippen molar-refractivity contribution in [3.8, 4) is 11.3 Å². The second kappa shape index (κ2) is 10.8. The summed E-state index contributed by atoms with van der Waals surface area (Å²) in [5.41, 5.74) is 3.08. The lowest BCUT2D eigenvalue weighted by Crippen LogP contribution is -2.38. The maximum atomic E-state index is 5.31. The molecule has 0 fully saturated rings. The lowest BCUT2D eigenvalue weighted by Gasteiger charge is -2.20. The molecule has 0 aliphatic heterocycles.